The van der Waals surface area contributed by atoms with Crippen LogP contribution in [0.25, 0.3) is 10.2 Å². The van der Waals surface area contributed by atoms with Gasteiger partial charge in [0, 0.05) is 13.2 Å². The second-order valence-electron chi connectivity index (χ2n) is 4.68. The van der Waals surface area contributed by atoms with E-state index in [9.17, 15) is 9.59 Å². The molecule has 0 bridgehead atoms. The van der Waals surface area contributed by atoms with Crippen LogP contribution in [0.3, 0.4) is 0 Å². The summed E-state index contributed by atoms with van der Waals surface area (Å²) in [6.07, 6.45) is 1.42. The van der Waals surface area contributed by atoms with E-state index in [2.05, 4.69) is 15.0 Å². The highest BCUT2D eigenvalue weighted by Crippen LogP contribution is 2.14. The second-order valence-corrected chi connectivity index (χ2v) is 5.98. The van der Waals surface area contributed by atoms with Crippen molar-refractivity contribution in [2.75, 3.05) is 7.05 Å². The largest absolute Gasteiger partial charge is 0.334 e. The van der Waals surface area contributed by atoms with Crippen molar-refractivity contribution in [2.45, 2.75) is 6.54 Å². The first-order valence-electron chi connectivity index (χ1n) is 6.38. The fourth-order valence-electron chi connectivity index (χ4n) is 2.02. The van der Waals surface area contributed by atoms with Crippen LogP contribution in [0, 0.1) is 0 Å². The third-order valence-electron chi connectivity index (χ3n) is 3.07. The average molecular weight is 335 g/mol. The molecule has 0 aliphatic heterocycles. The van der Waals surface area contributed by atoms with E-state index in [1.54, 1.807) is 25.2 Å². The van der Waals surface area contributed by atoms with Gasteiger partial charge in [-0.1, -0.05) is 11.6 Å². The summed E-state index contributed by atoms with van der Waals surface area (Å²) in [4.78, 5) is 36.6. The van der Waals surface area contributed by atoms with Crippen molar-refractivity contribution < 1.29 is 4.79 Å². The monoisotopic (exact) mass is 334 g/mol. The van der Waals surface area contributed by atoms with Crippen LogP contribution < -0.4 is 5.56 Å². The lowest BCUT2D eigenvalue weighted by molar-refractivity contribution is 0.0781. The summed E-state index contributed by atoms with van der Waals surface area (Å²) in [5.74, 6) is 0.214. The van der Waals surface area contributed by atoms with E-state index in [0.717, 1.165) is 0 Å². The van der Waals surface area contributed by atoms with E-state index in [-0.39, 0.29) is 18.0 Å². The molecule has 0 radical (unpaired) electrons. The van der Waals surface area contributed by atoms with Gasteiger partial charge in [0.15, 0.2) is 0 Å². The number of aromatic nitrogens is 3. The molecule has 0 atom stereocenters. The van der Waals surface area contributed by atoms with Crippen LogP contribution >= 0.6 is 22.9 Å². The Balaban J connectivity index is 1.83. The molecule has 0 aliphatic carbocycles. The number of rotatable bonds is 3. The SMILES string of the molecule is CN(Cc1nc2ccsc2c(=O)[nH]1)C(=O)c1ccc(Cl)nc1. The van der Waals surface area contributed by atoms with Gasteiger partial charge in [-0.2, -0.15) is 0 Å². The van der Waals surface area contributed by atoms with Gasteiger partial charge in [0.1, 0.15) is 15.7 Å². The first-order chi connectivity index (χ1) is 10.5. The topological polar surface area (TPSA) is 79.0 Å². The predicted octanol–water partition coefficient (Wildman–Crippen LogP) is 2.31. The Bertz CT molecular complexity index is 888. The fraction of sp³-hybridized carbons (Fsp3) is 0.143. The highest BCUT2D eigenvalue weighted by atomic mass is 35.5. The van der Waals surface area contributed by atoms with Gasteiger partial charge in [0.2, 0.25) is 0 Å². The fourth-order valence-corrected chi connectivity index (χ4v) is 2.85. The summed E-state index contributed by atoms with van der Waals surface area (Å²) in [7, 11) is 1.63. The number of H-pyrrole nitrogens is 1. The summed E-state index contributed by atoms with van der Waals surface area (Å²) < 4.78 is 0.583. The number of hydrogen-bond donors (Lipinski definition) is 1. The molecule has 112 valence electrons. The Morgan fingerprint density at radius 2 is 2.23 bits per heavy atom. The van der Waals surface area contributed by atoms with Crippen LogP contribution in [0.1, 0.15) is 16.2 Å². The number of nitrogens with zero attached hydrogens (tertiary/aromatic N) is 3. The van der Waals surface area contributed by atoms with Crippen molar-refractivity contribution in [1.82, 2.24) is 19.9 Å². The van der Waals surface area contributed by atoms with E-state index in [4.69, 9.17) is 11.6 Å². The number of pyridine rings is 1. The molecule has 0 spiro atoms. The van der Waals surface area contributed by atoms with Crippen LogP contribution in [0.15, 0.2) is 34.6 Å². The molecular formula is C14H11ClN4O2S. The summed E-state index contributed by atoms with van der Waals surface area (Å²) >= 11 is 7.04. The Hall–Kier alpha value is -2.25. The third-order valence-corrected chi connectivity index (χ3v) is 4.20. The van der Waals surface area contributed by atoms with E-state index in [1.165, 1.54) is 22.4 Å². The summed E-state index contributed by atoms with van der Waals surface area (Å²) in [5.41, 5.74) is 0.868. The molecule has 1 N–H and O–H groups in total. The minimum atomic E-state index is -0.225. The zero-order chi connectivity index (χ0) is 15.7. The molecule has 0 unspecified atom stereocenters. The number of carbonyl (C=O) groups is 1. The van der Waals surface area contributed by atoms with E-state index < -0.39 is 0 Å². The average Bonchev–Trinajstić information content (AvgIpc) is 2.96. The van der Waals surface area contributed by atoms with Gasteiger partial charge < -0.3 is 9.88 Å². The number of thiophene rings is 1. The van der Waals surface area contributed by atoms with Gasteiger partial charge in [-0.25, -0.2) is 9.97 Å². The van der Waals surface area contributed by atoms with Crippen LogP contribution in [-0.4, -0.2) is 32.8 Å². The van der Waals surface area contributed by atoms with Crippen molar-refractivity contribution in [3.8, 4) is 0 Å². The van der Waals surface area contributed by atoms with Gasteiger partial charge in [-0.05, 0) is 23.6 Å². The van der Waals surface area contributed by atoms with Gasteiger partial charge in [0.25, 0.3) is 11.5 Å². The van der Waals surface area contributed by atoms with E-state index >= 15 is 0 Å². The summed E-state index contributed by atoms with van der Waals surface area (Å²) in [6.45, 7) is 0.197. The van der Waals surface area contributed by atoms with Crippen molar-refractivity contribution in [2.24, 2.45) is 0 Å². The minimum absolute atomic E-state index is 0.191. The Morgan fingerprint density at radius 3 is 2.95 bits per heavy atom. The van der Waals surface area contributed by atoms with Crippen LogP contribution in [0.2, 0.25) is 5.15 Å². The lowest BCUT2D eigenvalue weighted by Gasteiger charge is -2.16. The molecular weight excluding hydrogens is 324 g/mol. The van der Waals surface area contributed by atoms with Crippen molar-refractivity contribution in [3.63, 3.8) is 0 Å². The zero-order valence-electron chi connectivity index (χ0n) is 11.5. The lowest BCUT2D eigenvalue weighted by atomic mass is 10.2. The quantitative estimate of drug-likeness (QED) is 0.745. The lowest BCUT2D eigenvalue weighted by Crippen LogP contribution is -2.28. The molecule has 3 aromatic heterocycles. The van der Waals surface area contributed by atoms with Gasteiger partial charge in [-0.15, -0.1) is 11.3 Å². The van der Waals surface area contributed by atoms with E-state index in [0.29, 0.717) is 26.8 Å². The van der Waals surface area contributed by atoms with Crippen LogP contribution in [-0.2, 0) is 6.54 Å². The molecule has 1 amide bonds. The predicted molar refractivity (Wildman–Crippen MR) is 85.3 cm³/mol. The maximum atomic E-state index is 12.3. The standard InChI is InChI=1S/C14H11ClN4O2S/c1-19(14(21)8-2-3-10(15)16-6-8)7-11-17-9-4-5-22-12(9)13(20)18-11/h2-6H,7H2,1H3,(H,17,18,20). The molecule has 0 saturated heterocycles. The number of carbonyl (C=O) groups excluding carboxylic acids is 1. The van der Waals surface area contributed by atoms with Crippen LogP contribution in [0.4, 0.5) is 0 Å². The van der Waals surface area contributed by atoms with E-state index in [1.807, 2.05) is 5.38 Å². The maximum Gasteiger partial charge on any atom is 0.268 e. The molecule has 0 fully saturated rings. The Kier molecular flexibility index (Phi) is 3.91. The molecule has 22 heavy (non-hydrogen) atoms. The number of nitrogens with one attached hydrogen (secondary N) is 1. The molecule has 0 saturated carbocycles. The number of aromatic amines is 1. The molecule has 0 aromatic carbocycles. The maximum absolute atomic E-state index is 12.3. The van der Waals surface area contributed by atoms with Gasteiger partial charge in [-0.3, -0.25) is 9.59 Å². The first-order valence-corrected chi connectivity index (χ1v) is 7.64. The smallest absolute Gasteiger partial charge is 0.268 e. The first kappa shape index (κ1) is 14.7. The Labute approximate surface area is 134 Å². The van der Waals surface area contributed by atoms with Crippen LogP contribution in [0.5, 0.6) is 0 Å². The highest BCUT2D eigenvalue weighted by molar-refractivity contribution is 7.17. The minimum Gasteiger partial charge on any atom is -0.334 e. The van der Waals surface area contributed by atoms with Gasteiger partial charge in [0.05, 0.1) is 17.6 Å². The molecule has 8 heteroatoms. The summed E-state index contributed by atoms with van der Waals surface area (Å²) in [5, 5.41) is 2.14. The number of halogens is 1. The second kappa shape index (κ2) is 5.86. The number of amides is 1. The number of fused-ring (bicyclic) bond motifs is 1. The van der Waals surface area contributed by atoms with Crippen molar-refractivity contribution >= 4 is 39.1 Å². The molecule has 3 rings (SSSR count). The summed E-state index contributed by atoms with van der Waals surface area (Å²) in [6, 6.07) is 4.94. The molecule has 0 aliphatic rings. The Morgan fingerprint density at radius 1 is 1.41 bits per heavy atom. The normalized spacial score (nSPS) is 10.8. The molecule has 6 nitrogen and oxygen atoms in total. The zero-order valence-corrected chi connectivity index (χ0v) is 13.1. The highest BCUT2D eigenvalue weighted by Gasteiger charge is 2.14. The third kappa shape index (κ3) is 2.86. The molecule has 3 heterocycles. The number of hydrogen-bond acceptors (Lipinski definition) is 5. The molecule has 3 aromatic rings. The van der Waals surface area contributed by atoms with Gasteiger partial charge >= 0.3 is 0 Å². The van der Waals surface area contributed by atoms with Crippen molar-refractivity contribution in [1.29, 1.82) is 0 Å². The van der Waals surface area contributed by atoms with Crippen molar-refractivity contribution in [3.05, 3.63) is 56.7 Å².